The van der Waals surface area contributed by atoms with E-state index in [0.29, 0.717) is 15.8 Å². The number of hydrogen-bond acceptors (Lipinski definition) is 3. The molecule has 28 heavy (non-hydrogen) atoms. The van der Waals surface area contributed by atoms with E-state index in [4.69, 9.17) is 55.9 Å². The Kier molecular flexibility index (Phi) is 7.08. The summed E-state index contributed by atoms with van der Waals surface area (Å²) in [5.41, 5.74) is 1.96. The first-order valence-electron chi connectivity index (χ1n) is 8.20. The Morgan fingerprint density at radius 1 is 0.714 bits per heavy atom. The molecule has 0 aliphatic rings. The van der Waals surface area contributed by atoms with Crippen LogP contribution in [0.25, 0.3) is 0 Å². The molecule has 0 saturated carbocycles. The minimum atomic E-state index is -0.539. The van der Waals surface area contributed by atoms with Crippen molar-refractivity contribution in [3.05, 3.63) is 97.4 Å². The van der Waals surface area contributed by atoms with Gasteiger partial charge in [-0.05, 0) is 47.5 Å². The van der Waals surface area contributed by atoms with Crippen molar-refractivity contribution in [2.75, 3.05) is 0 Å². The zero-order valence-electron chi connectivity index (χ0n) is 14.4. The van der Waals surface area contributed by atoms with Crippen LogP contribution < -0.4 is 4.74 Å². The number of hydrogen-bond donors (Lipinski definition) is 0. The largest absolute Gasteiger partial charge is 0.486 e. The van der Waals surface area contributed by atoms with Gasteiger partial charge in [0.15, 0.2) is 5.75 Å². The van der Waals surface area contributed by atoms with Gasteiger partial charge in [0, 0.05) is 10.0 Å². The Bertz CT molecular complexity index is 947. The molecule has 0 heterocycles. The van der Waals surface area contributed by atoms with E-state index in [2.05, 4.69) is 0 Å². The Hall–Kier alpha value is -1.91. The van der Waals surface area contributed by atoms with Gasteiger partial charge in [0.05, 0.1) is 15.6 Å². The fourth-order valence-corrected chi connectivity index (χ4v) is 3.21. The van der Waals surface area contributed by atoms with Crippen LogP contribution in [-0.2, 0) is 18.0 Å². The predicted molar refractivity (Wildman–Crippen MR) is 113 cm³/mol. The summed E-state index contributed by atoms with van der Waals surface area (Å²) in [6, 6.07) is 17.2. The molecule has 0 fully saturated rings. The first kappa shape index (κ1) is 20.8. The van der Waals surface area contributed by atoms with E-state index in [0.717, 1.165) is 11.1 Å². The fraction of sp³-hybridized carbons (Fsp3) is 0.0952. The van der Waals surface area contributed by atoms with Crippen molar-refractivity contribution < 1.29 is 14.3 Å². The highest BCUT2D eigenvalue weighted by Crippen LogP contribution is 2.35. The summed E-state index contributed by atoms with van der Waals surface area (Å²) in [6.07, 6.45) is 0. The maximum absolute atomic E-state index is 12.3. The fourth-order valence-electron chi connectivity index (χ4n) is 2.36. The number of carbonyl (C=O) groups excluding carboxylic acids is 1. The topological polar surface area (TPSA) is 35.5 Å². The summed E-state index contributed by atoms with van der Waals surface area (Å²) in [4.78, 5) is 12.3. The highest BCUT2D eigenvalue weighted by Gasteiger charge is 2.15. The number of benzene rings is 3. The van der Waals surface area contributed by atoms with E-state index in [-0.39, 0.29) is 28.8 Å². The quantitative estimate of drug-likeness (QED) is 0.367. The van der Waals surface area contributed by atoms with E-state index in [1.165, 1.54) is 12.1 Å². The van der Waals surface area contributed by atoms with Gasteiger partial charge in [0.1, 0.15) is 13.2 Å². The van der Waals surface area contributed by atoms with E-state index < -0.39 is 5.97 Å². The smallest absolute Gasteiger partial charge is 0.338 e. The highest BCUT2D eigenvalue weighted by atomic mass is 35.5. The van der Waals surface area contributed by atoms with E-state index in [1.807, 2.05) is 12.1 Å². The van der Waals surface area contributed by atoms with Crippen LogP contribution in [-0.4, -0.2) is 5.97 Å². The molecule has 7 heteroatoms. The highest BCUT2D eigenvalue weighted by molar-refractivity contribution is 6.37. The second-order valence-corrected chi connectivity index (χ2v) is 7.57. The van der Waals surface area contributed by atoms with Crippen molar-refractivity contribution in [2.24, 2.45) is 0 Å². The monoisotopic (exact) mass is 454 g/mol. The third kappa shape index (κ3) is 5.55. The lowest BCUT2D eigenvalue weighted by atomic mass is 10.2. The van der Waals surface area contributed by atoms with Crippen molar-refractivity contribution in [1.29, 1.82) is 0 Å². The van der Waals surface area contributed by atoms with Gasteiger partial charge in [-0.25, -0.2) is 4.79 Å². The molecule has 3 rings (SSSR count). The molecule has 0 aliphatic heterocycles. The van der Waals surface area contributed by atoms with E-state index in [1.54, 1.807) is 36.4 Å². The minimum absolute atomic E-state index is 0.111. The standard InChI is InChI=1S/C21H14Cl4O3/c22-16-5-1-13(2-6-16)11-27-20-18(24)9-15(10-19(20)25)21(26)28-12-14-3-7-17(23)8-4-14/h1-10H,11-12H2. The lowest BCUT2D eigenvalue weighted by Gasteiger charge is -2.12. The van der Waals surface area contributed by atoms with E-state index >= 15 is 0 Å². The molecule has 0 spiro atoms. The summed E-state index contributed by atoms with van der Waals surface area (Å²) in [5.74, 6) is -0.240. The van der Waals surface area contributed by atoms with Gasteiger partial charge in [0.2, 0.25) is 0 Å². The molecule has 3 nitrogen and oxygen atoms in total. The van der Waals surface area contributed by atoms with Crippen molar-refractivity contribution in [2.45, 2.75) is 13.2 Å². The summed E-state index contributed by atoms with van der Waals surface area (Å²) < 4.78 is 11.0. The maximum atomic E-state index is 12.3. The van der Waals surface area contributed by atoms with Gasteiger partial charge in [-0.2, -0.15) is 0 Å². The lowest BCUT2D eigenvalue weighted by molar-refractivity contribution is 0.0472. The average Bonchev–Trinajstić information content (AvgIpc) is 2.68. The number of carbonyl (C=O) groups is 1. The van der Waals surface area contributed by atoms with Crippen molar-refractivity contribution in [3.8, 4) is 5.75 Å². The van der Waals surface area contributed by atoms with Gasteiger partial charge in [-0.15, -0.1) is 0 Å². The van der Waals surface area contributed by atoms with Crippen LogP contribution in [0.3, 0.4) is 0 Å². The Morgan fingerprint density at radius 3 is 1.68 bits per heavy atom. The number of rotatable bonds is 6. The van der Waals surface area contributed by atoms with Crippen LogP contribution in [0, 0.1) is 0 Å². The van der Waals surface area contributed by atoms with Gasteiger partial charge in [-0.3, -0.25) is 0 Å². The molecule has 3 aromatic rings. The first-order valence-corrected chi connectivity index (χ1v) is 9.71. The molecule has 0 aliphatic carbocycles. The molecule has 0 atom stereocenters. The van der Waals surface area contributed by atoms with Crippen LogP contribution >= 0.6 is 46.4 Å². The van der Waals surface area contributed by atoms with Crippen LogP contribution in [0.4, 0.5) is 0 Å². The molecule has 0 unspecified atom stereocenters. The van der Waals surface area contributed by atoms with Crippen molar-refractivity contribution >= 4 is 52.4 Å². The zero-order valence-corrected chi connectivity index (χ0v) is 17.4. The molecule has 0 amide bonds. The van der Waals surface area contributed by atoms with Crippen LogP contribution in [0.2, 0.25) is 20.1 Å². The molecular formula is C21H14Cl4O3. The normalized spacial score (nSPS) is 10.6. The van der Waals surface area contributed by atoms with Crippen molar-refractivity contribution in [1.82, 2.24) is 0 Å². The molecule has 0 radical (unpaired) electrons. The summed E-state index contributed by atoms with van der Waals surface area (Å²) >= 11 is 24.2. The third-order valence-electron chi connectivity index (χ3n) is 3.81. The molecule has 144 valence electrons. The number of esters is 1. The molecule has 0 N–H and O–H groups in total. The minimum Gasteiger partial charge on any atom is -0.486 e. The predicted octanol–water partition coefficient (Wildman–Crippen LogP) is 7.24. The van der Waals surface area contributed by atoms with Gasteiger partial charge in [0.25, 0.3) is 0 Å². The SMILES string of the molecule is O=C(OCc1ccc(Cl)cc1)c1cc(Cl)c(OCc2ccc(Cl)cc2)c(Cl)c1. The van der Waals surface area contributed by atoms with Crippen LogP contribution in [0.1, 0.15) is 21.5 Å². The van der Waals surface area contributed by atoms with Gasteiger partial charge >= 0.3 is 5.97 Å². The third-order valence-corrected chi connectivity index (χ3v) is 4.88. The zero-order chi connectivity index (χ0) is 20.1. The Balaban J connectivity index is 1.65. The summed E-state index contributed by atoms with van der Waals surface area (Å²) in [5, 5.41) is 1.70. The molecule has 0 saturated heterocycles. The van der Waals surface area contributed by atoms with Gasteiger partial charge < -0.3 is 9.47 Å². The van der Waals surface area contributed by atoms with Crippen molar-refractivity contribution in [3.63, 3.8) is 0 Å². The van der Waals surface area contributed by atoms with Crippen LogP contribution in [0.5, 0.6) is 5.75 Å². The molecule has 0 bridgehead atoms. The maximum Gasteiger partial charge on any atom is 0.338 e. The summed E-state index contributed by atoms with van der Waals surface area (Å²) in [7, 11) is 0. The lowest BCUT2D eigenvalue weighted by Crippen LogP contribution is -2.06. The Morgan fingerprint density at radius 2 is 1.18 bits per heavy atom. The Labute approximate surface area is 182 Å². The molecule has 3 aromatic carbocycles. The molecular weight excluding hydrogens is 442 g/mol. The first-order chi connectivity index (χ1) is 13.4. The van der Waals surface area contributed by atoms with Gasteiger partial charge in [-0.1, -0.05) is 70.7 Å². The van der Waals surface area contributed by atoms with Crippen LogP contribution in [0.15, 0.2) is 60.7 Å². The number of ether oxygens (including phenoxy) is 2. The molecule has 0 aromatic heterocycles. The van der Waals surface area contributed by atoms with E-state index in [9.17, 15) is 4.79 Å². The second-order valence-electron chi connectivity index (χ2n) is 5.89. The number of halogens is 4. The summed E-state index contributed by atoms with van der Waals surface area (Å²) in [6.45, 7) is 0.372. The second kappa shape index (κ2) is 9.53. The average molecular weight is 456 g/mol.